The number of benzene rings is 1. The standard InChI is InChI=1S/C12H14O3/c1-14-12(13)10-6-4-9(5-7-10)11-3-2-8-15-11/h4-7,11H,2-3,8H2,1H3. The average molecular weight is 206 g/mol. The summed E-state index contributed by atoms with van der Waals surface area (Å²) in [6, 6.07) is 7.43. The Morgan fingerprint density at radius 2 is 2.13 bits per heavy atom. The largest absolute Gasteiger partial charge is 0.465 e. The molecule has 1 atom stereocenters. The Labute approximate surface area is 89.0 Å². The number of ether oxygens (including phenoxy) is 2. The van der Waals surface area contributed by atoms with Gasteiger partial charge in [-0.15, -0.1) is 0 Å². The molecular weight excluding hydrogens is 192 g/mol. The number of carbonyl (C=O) groups excluding carboxylic acids is 1. The topological polar surface area (TPSA) is 35.5 Å². The van der Waals surface area contributed by atoms with Gasteiger partial charge in [0.1, 0.15) is 0 Å². The monoisotopic (exact) mass is 206 g/mol. The molecular formula is C12H14O3. The number of methoxy groups -OCH3 is 1. The van der Waals surface area contributed by atoms with Crippen molar-refractivity contribution >= 4 is 5.97 Å². The number of carbonyl (C=O) groups is 1. The fourth-order valence-corrected chi connectivity index (χ4v) is 1.79. The van der Waals surface area contributed by atoms with Crippen LogP contribution in [-0.4, -0.2) is 19.7 Å². The zero-order chi connectivity index (χ0) is 10.7. The lowest BCUT2D eigenvalue weighted by Gasteiger charge is -2.09. The van der Waals surface area contributed by atoms with E-state index in [9.17, 15) is 4.79 Å². The Hall–Kier alpha value is -1.35. The van der Waals surface area contributed by atoms with Crippen LogP contribution in [0.4, 0.5) is 0 Å². The van der Waals surface area contributed by atoms with Gasteiger partial charge in [-0.05, 0) is 30.5 Å². The smallest absolute Gasteiger partial charge is 0.337 e. The van der Waals surface area contributed by atoms with Crippen molar-refractivity contribution in [2.75, 3.05) is 13.7 Å². The van der Waals surface area contributed by atoms with Crippen molar-refractivity contribution in [3.05, 3.63) is 35.4 Å². The van der Waals surface area contributed by atoms with Crippen LogP contribution >= 0.6 is 0 Å². The van der Waals surface area contributed by atoms with Gasteiger partial charge in [-0.2, -0.15) is 0 Å². The molecule has 1 unspecified atom stereocenters. The summed E-state index contributed by atoms with van der Waals surface area (Å²) in [4.78, 5) is 11.2. The molecule has 1 heterocycles. The van der Waals surface area contributed by atoms with Crippen molar-refractivity contribution in [2.45, 2.75) is 18.9 Å². The number of hydrogen-bond acceptors (Lipinski definition) is 3. The molecule has 0 N–H and O–H groups in total. The summed E-state index contributed by atoms with van der Waals surface area (Å²) < 4.78 is 10.2. The highest BCUT2D eigenvalue weighted by Gasteiger charge is 2.17. The number of hydrogen-bond donors (Lipinski definition) is 0. The van der Waals surface area contributed by atoms with Gasteiger partial charge < -0.3 is 9.47 Å². The third-order valence-corrected chi connectivity index (χ3v) is 2.63. The molecule has 1 aromatic rings. The van der Waals surface area contributed by atoms with Gasteiger partial charge in [0.2, 0.25) is 0 Å². The molecule has 1 aliphatic heterocycles. The van der Waals surface area contributed by atoms with Gasteiger partial charge in [0, 0.05) is 6.61 Å². The minimum atomic E-state index is -0.297. The second-order valence-electron chi connectivity index (χ2n) is 3.62. The molecule has 0 radical (unpaired) electrons. The predicted octanol–water partition coefficient (Wildman–Crippen LogP) is 2.32. The molecule has 3 heteroatoms. The quantitative estimate of drug-likeness (QED) is 0.696. The van der Waals surface area contributed by atoms with Crippen LogP contribution in [0.25, 0.3) is 0 Å². The lowest BCUT2D eigenvalue weighted by molar-refractivity contribution is 0.0600. The Kier molecular flexibility index (Phi) is 3.02. The highest BCUT2D eigenvalue weighted by Crippen LogP contribution is 2.28. The molecule has 1 saturated heterocycles. The fourth-order valence-electron chi connectivity index (χ4n) is 1.79. The summed E-state index contributed by atoms with van der Waals surface area (Å²) in [6.07, 6.45) is 2.39. The third kappa shape index (κ3) is 2.18. The van der Waals surface area contributed by atoms with Crippen LogP contribution in [0.1, 0.15) is 34.9 Å². The maximum Gasteiger partial charge on any atom is 0.337 e. The van der Waals surface area contributed by atoms with E-state index in [2.05, 4.69) is 4.74 Å². The summed E-state index contributed by atoms with van der Waals surface area (Å²) in [5.74, 6) is -0.297. The lowest BCUT2D eigenvalue weighted by Crippen LogP contribution is -2.02. The molecule has 0 amide bonds. The van der Waals surface area contributed by atoms with Gasteiger partial charge in [-0.25, -0.2) is 4.79 Å². The van der Waals surface area contributed by atoms with Crippen LogP contribution in [0.2, 0.25) is 0 Å². The van der Waals surface area contributed by atoms with E-state index in [4.69, 9.17) is 4.74 Å². The maximum atomic E-state index is 11.2. The SMILES string of the molecule is COC(=O)c1ccc(C2CCCO2)cc1. The normalized spacial score (nSPS) is 20.2. The molecule has 0 saturated carbocycles. The van der Waals surface area contributed by atoms with Crippen LogP contribution in [0, 0.1) is 0 Å². The van der Waals surface area contributed by atoms with Crippen LogP contribution in [0.15, 0.2) is 24.3 Å². The molecule has 1 aliphatic rings. The Bertz CT molecular complexity index is 336. The van der Waals surface area contributed by atoms with Gasteiger partial charge in [0.25, 0.3) is 0 Å². The van der Waals surface area contributed by atoms with E-state index in [-0.39, 0.29) is 12.1 Å². The minimum Gasteiger partial charge on any atom is -0.465 e. The molecule has 0 bridgehead atoms. The van der Waals surface area contributed by atoms with Gasteiger partial charge in [-0.3, -0.25) is 0 Å². The Morgan fingerprint density at radius 3 is 2.67 bits per heavy atom. The first-order chi connectivity index (χ1) is 7.31. The average Bonchev–Trinajstić information content (AvgIpc) is 2.82. The molecule has 0 spiro atoms. The van der Waals surface area contributed by atoms with E-state index in [1.165, 1.54) is 7.11 Å². The van der Waals surface area contributed by atoms with Crippen LogP contribution in [-0.2, 0) is 9.47 Å². The number of esters is 1. The molecule has 1 aromatic carbocycles. The summed E-state index contributed by atoms with van der Waals surface area (Å²) in [5, 5.41) is 0. The van der Waals surface area contributed by atoms with Gasteiger partial charge in [0.05, 0.1) is 18.8 Å². The van der Waals surface area contributed by atoms with Crippen molar-refractivity contribution in [1.29, 1.82) is 0 Å². The fraction of sp³-hybridized carbons (Fsp3) is 0.417. The summed E-state index contributed by atoms with van der Waals surface area (Å²) in [5.41, 5.74) is 1.72. The van der Waals surface area contributed by atoms with E-state index in [0.717, 1.165) is 25.0 Å². The molecule has 1 fully saturated rings. The van der Waals surface area contributed by atoms with Crippen LogP contribution in [0.3, 0.4) is 0 Å². The zero-order valence-electron chi connectivity index (χ0n) is 8.73. The minimum absolute atomic E-state index is 0.205. The van der Waals surface area contributed by atoms with Crippen molar-refractivity contribution in [2.24, 2.45) is 0 Å². The second-order valence-corrected chi connectivity index (χ2v) is 3.62. The molecule has 0 aliphatic carbocycles. The van der Waals surface area contributed by atoms with Crippen molar-refractivity contribution in [3.8, 4) is 0 Å². The Morgan fingerprint density at radius 1 is 1.40 bits per heavy atom. The number of rotatable bonds is 2. The highest BCUT2D eigenvalue weighted by molar-refractivity contribution is 5.89. The molecule has 3 nitrogen and oxygen atoms in total. The van der Waals surface area contributed by atoms with Gasteiger partial charge >= 0.3 is 5.97 Å². The third-order valence-electron chi connectivity index (χ3n) is 2.63. The van der Waals surface area contributed by atoms with Gasteiger partial charge in [0.15, 0.2) is 0 Å². The van der Waals surface area contributed by atoms with Crippen molar-refractivity contribution in [3.63, 3.8) is 0 Å². The molecule has 0 aromatic heterocycles. The molecule has 2 rings (SSSR count). The Balaban J connectivity index is 2.12. The molecule has 15 heavy (non-hydrogen) atoms. The lowest BCUT2D eigenvalue weighted by atomic mass is 10.0. The zero-order valence-corrected chi connectivity index (χ0v) is 8.73. The van der Waals surface area contributed by atoms with Crippen LogP contribution in [0.5, 0.6) is 0 Å². The highest BCUT2D eigenvalue weighted by atomic mass is 16.5. The van der Waals surface area contributed by atoms with E-state index in [1.54, 1.807) is 12.1 Å². The first kappa shape index (κ1) is 10.2. The summed E-state index contributed by atoms with van der Waals surface area (Å²) in [6.45, 7) is 0.837. The van der Waals surface area contributed by atoms with E-state index >= 15 is 0 Å². The second kappa shape index (κ2) is 4.45. The maximum absolute atomic E-state index is 11.2. The molecule has 80 valence electrons. The van der Waals surface area contributed by atoms with E-state index in [1.807, 2.05) is 12.1 Å². The summed E-state index contributed by atoms with van der Waals surface area (Å²) in [7, 11) is 1.39. The van der Waals surface area contributed by atoms with E-state index < -0.39 is 0 Å². The van der Waals surface area contributed by atoms with Crippen LogP contribution < -0.4 is 0 Å². The van der Waals surface area contributed by atoms with Gasteiger partial charge in [-0.1, -0.05) is 12.1 Å². The first-order valence-electron chi connectivity index (χ1n) is 5.11. The van der Waals surface area contributed by atoms with E-state index in [0.29, 0.717) is 5.56 Å². The predicted molar refractivity (Wildman–Crippen MR) is 55.7 cm³/mol. The summed E-state index contributed by atoms with van der Waals surface area (Å²) >= 11 is 0. The van der Waals surface area contributed by atoms with Crippen molar-refractivity contribution in [1.82, 2.24) is 0 Å². The van der Waals surface area contributed by atoms with Crippen molar-refractivity contribution < 1.29 is 14.3 Å². The first-order valence-corrected chi connectivity index (χ1v) is 5.11.